The van der Waals surface area contributed by atoms with E-state index in [0.29, 0.717) is 22.1 Å². The molecule has 0 saturated carbocycles. The summed E-state index contributed by atoms with van der Waals surface area (Å²) < 4.78 is 5.83. The summed E-state index contributed by atoms with van der Waals surface area (Å²) in [5.74, 6) is -1.33. The number of nitrogens with one attached hydrogen (secondary N) is 1. The fraction of sp³-hybridized carbons (Fsp3) is 0.0870. The maximum atomic E-state index is 12.7. The first-order chi connectivity index (χ1) is 15.3. The zero-order valence-corrected chi connectivity index (χ0v) is 16.9. The van der Waals surface area contributed by atoms with Gasteiger partial charge in [0.1, 0.15) is 17.9 Å². The van der Waals surface area contributed by atoms with Crippen molar-refractivity contribution in [3.63, 3.8) is 0 Å². The average molecular weight is 431 g/mol. The molecule has 1 N–H and O–H groups in total. The van der Waals surface area contributed by atoms with E-state index in [1.165, 1.54) is 12.1 Å². The zero-order chi connectivity index (χ0) is 22.8. The number of amides is 3. The quantitative estimate of drug-likeness (QED) is 0.359. The highest BCUT2D eigenvalue weighted by atomic mass is 16.6. The van der Waals surface area contributed by atoms with E-state index in [0.717, 1.165) is 11.6 Å². The van der Waals surface area contributed by atoms with Crippen LogP contribution in [0.4, 0.5) is 11.4 Å². The highest BCUT2D eigenvalue weighted by Crippen LogP contribution is 2.32. The van der Waals surface area contributed by atoms with Crippen LogP contribution in [0.5, 0.6) is 11.5 Å². The van der Waals surface area contributed by atoms with Gasteiger partial charge in [0.15, 0.2) is 5.75 Å². The molecule has 4 rings (SSSR count). The molecule has 1 aliphatic rings. The Bertz CT molecular complexity index is 1250. The Labute approximate surface area is 182 Å². The Morgan fingerprint density at radius 1 is 1.00 bits per heavy atom. The van der Waals surface area contributed by atoms with Gasteiger partial charge in [-0.2, -0.15) is 0 Å². The lowest BCUT2D eigenvalue weighted by Gasteiger charge is -2.15. The van der Waals surface area contributed by atoms with Crippen LogP contribution in [0.3, 0.4) is 0 Å². The van der Waals surface area contributed by atoms with Gasteiger partial charge in [-0.1, -0.05) is 35.9 Å². The number of ether oxygens (including phenoxy) is 1. The number of carbonyl (C=O) groups excluding carboxylic acids is 3. The lowest BCUT2D eigenvalue weighted by Crippen LogP contribution is -2.37. The van der Waals surface area contributed by atoms with Crippen LogP contribution in [-0.4, -0.2) is 34.1 Å². The lowest BCUT2D eigenvalue weighted by atomic mass is 10.1. The van der Waals surface area contributed by atoms with Crippen LogP contribution < -0.4 is 10.1 Å². The molecule has 9 heteroatoms. The molecule has 0 bridgehead atoms. The van der Waals surface area contributed by atoms with Gasteiger partial charge in [0, 0.05) is 6.07 Å². The van der Waals surface area contributed by atoms with E-state index in [1.807, 2.05) is 19.1 Å². The van der Waals surface area contributed by atoms with Crippen molar-refractivity contribution in [3.05, 3.63) is 93.5 Å². The maximum absolute atomic E-state index is 12.7. The number of carbonyl (C=O) groups is 3. The van der Waals surface area contributed by atoms with Crippen molar-refractivity contribution in [1.29, 1.82) is 0 Å². The highest BCUT2D eigenvalue weighted by molar-refractivity contribution is 6.24. The topological polar surface area (TPSA) is 119 Å². The summed E-state index contributed by atoms with van der Waals surface area (Å²) in [7, 11) is 0. The fourth-order valence-electron chi connectivity index (χ4n) is 3.34. The summed E-state index contributed by atoms with van der Waals surface area (Å²) in [6, 6.07) is 17.9. The van der Waals surface area contributed by atoms with E-state index in [1.54, 1.807) is 36.4 Å². The smallest absolute Gasteiger partial charge is 0.282 e. The van der Waals surface area contributed by atoms with Crippen molar-refractivity contribution < 1.29 is 24.0 Å². The SMILES string of the molecule is Cc1ccc(Oc2ccccc2NC(=O)CN2C(=O)c3cccc([N+](=O)[O-])c3C2=O)cc1. The number of fused-ring (bicyclic) bond motifs is 1. The Hall–Kier alpha value is -4.53. The number of nitro benzene ring substituents is 1. The van der Waals surface area contributed by atoms with Gasteiger partial charge in [0.2, 0.25) is 5.91 Å². The maximum Gasteiger partial charge on any atom is 0.282 e. The molecular weight excluding hydrogens is 414 g/mol. The van der Waals surface area contributed by atoms with Crippen LogP contribution in [0, 0.1) is 17.0 Å². The second-order valence-electron chi connectivity index (χ2n) is 7.11. The third-order valence-corrected chi connectivity index (χ3v) is 4.89. The van der Waals surface area contributed by atoms with Gasteiger partial charge in [0.05, 0.1) is 16.2 Å². The first-order valence-corrected chi connectivity index (χ1v) is 9.62. The molecule has 160 valence electrons. The van der Waals surface area contributed by atoms with Gasteiger partial charge in [-0.05, 0) is 37.3 Å². The van der Waals surface area contributed by atoms with E-state index in [4.69, 9.17) is 4.74 Å². The number of anilines is 1. The Balaban J connectivity index is 1.51. The molecule has 1 aliphatic heterocycles. The van der Waals surface area contributed by atoms with Crippen LogP contribution in [0.15, 0.2) is 66.7 Å². The summed E-state index contributed by atoms with van der Waals surface area (Å²) in [6.45, 7) is 1.36. The Morgan fingerprint density at radius 3 is 2.44 bits per heavy atom. The molecule has 1 heterocycles. The number of imide groups is 1. The molecule has 32 heavy (non-hydrogen) atoms. The van der Waals surface area contributed by atoms with Gasteiger partial charge in [-0.3, -0.25) is 29.4 Å². The minimum atomic E-state index is -0.878. The third kappa shape index (κ3) is 3.91. The largest absolute Gasteiger partial charge is 0.455 e. The molecule has 0 aliphatic carbocycles. The number of hydrogen-bond donors (Lipinski definition) is 1. The molecule has 9 nitrogen and oxygen atoms in total. The number of benzene rings is 3. The Morgan fingerprint density at radius 2 is 1.72 bits per heavy atom. The van der Waals surface area contributed by atoms with Crippen molar-refractivity contribution in [2.45, 2.75) is 6.92 Å². The lowest BCUT2D eigenvalue weighted by molar-refractivity contribution is -0.385. The second kappa shape index (κ2) is 8.31. The van der Waals surface area contributed by atoms with Gasteiger partial charge >= 0.3 is 0 Å². The number of nitrogens with zero attached hydrogens (tertiary/aromatic N) is 2. The predicted molar refractivity (Wildman–Crippen MR) is 115 cm³/mol. The molecule has 0 unspecified atom stereocenters. The molecule has 0 saturated heterocycles. The molecule has 0 aromatic heterocycles. The van der Waals surface area contributed by atoms with Gasteiger partial charge in [-0.25, -0.2) is 0 Å². The van der Waals surface area contributed by atoms with Crippen molar-refractivity contribution in [1.82, 2.24) is 4.90 Å². The monoisotopic (exact) mass is 431 g/mol. The molecule has 0 spiro atoms. The van der Waals surface area contributed by atoms with Crippen molar-refractivity contribution in [3.8, 4) is 11.5 Å². The van der Waals surface area contributed by atoms with Crippen LogP contribution in [0.25, 0.3) is 0 Å². The average Bonchev–Trinajstić information content (AvgIpc) is 3.01. The minimum Gasteiger partial charge on any atom is -0.455 e. The fourth-order valence-corrected chi connectivity index (χ4v) is 3.34. The summed E-state index contributed by atoms with van der Waals surface area (Å²) in [4.78, 5) is 49.0. The molecule has 0 atom stereocenters. The zero-order valence-electron chi connectivity index (χ0n) is 16.9. The number of nitro groups is 1. The molecule has 3 amide bonds. The van der Waals surface area contributed by atoms with Crippen molar-refractivity contribution >= 4 is 29.1 Å². The first kappa shape index (κ1) is 20.7. The van der Waals surface area contributed by atoms with Gasteiger partial charge in [0.25, 0.3) is 17.5 Å². The standard InChI is InChI=1S/C23H17N3O6/c1-14-9-11-15(12-10-14)32-19-8-3-2-6-17(19)24-20(27)13-25-22(28)16-5-4-7-18(26(30)31)21(16)23(25)29/h2-12H,13H2,1H3,(H,24,27). The normalized spacial score (nSPS) is 12.5. The first-order valence-electron chi connectivity index (χ1n) is 9.62. The minimum absolute atomic E-state index is 0.0971. The number of hydrogen-bond acceptors (Lipinski definition) is 6. The van der Waals surface area contributed by atoms with E-state index in [9.17, 15) is 24.5 Å². The van der Waals surface area contributed by atoms with E-state index < -0.39 is 34.9 Å². The molecule has 0 radical (unpaired) electrons. The predicted octanol–water partition coefficient (Wildman–Crippen LogP) is 3.93. The van der Waals surface area contributed by atoms with Crippen LogP contribution in [0.1, 0.15) is 26.3 Å². The number of para-hydroxylation sites is 2. The molecule has 3 aromatic rings. The van der Waals surface area contributed by atoms with Crippen LogP contribution >= 0.6 is 0 Å². The van der Waals surface area contributed by atoms with Gasteiger partial charge < -0.3 is 10.1 Å². The van der Waals surface area contributed by atoms with E-state index >= 15 is 0 Å². The third-order valence-electron chi connectivity index (χ3n) is 4.89. The summed E-state index contributed by atoms with van der Waals surface area (Å²) >= 11 is 0. The molecular formula is C23H17N3O6. The Kier molecular flexibility index (Phi) is 5.38. The van der Waals surface area contributed by atoms with Crippen molar-refractivity contribution in [2.75, 3.05) is 11.9 Å². The van der Waals surface area contributed by atoms with Crippen LogP contribution in [-0.2, 0) is 4.79 Å². The van der Waals surface area contributed by atoms with Gasteiger partial charge in [-0.15, -0.1) is 0 Å². The number of aryl methyl sites for hydroxylation is 1. The van der Waals surface area contributed by atoms with E-state index in [-0.39, 0.29) is 11.1 Å². The van der Waals surface area contributed by atoms with Crippen LogP contribution in [0.2, 0.25) is 0 Å². The summed E-state index contributed by atoms with van der Waals surface area (Å²) in [5.41, 5.74) is 0.542. The van der Waals surface area contributed by atoms with E-state index in [2.05, 4.69) is 5.32 Å². The molecule has 0 fully saturated rings. The summed E-state index contributed by atoms with van der Waals surface area (Å²) in [5, 5.41) is 13.8. The molecule has 3 aromatic carbocycles. The number of rotatable bonds is 6. The van der Waals surface area contributed by atoms with Crippen molar-refractivity contribution in [2.24, 2.45) is 0 Å². The summed E-state index contributed by atoms with van der Waals surface area (Å²) in [6.07, 6.45) is 0. The second-order valence-corrected chi connectivity index (χ2v) is 7.11. The highest BCUT2D eigenvalue weighted by Gasteiger charge is 2.41.